The van der Waals surface area contributed by atoms with Gasteiger partial charge in [-0.1, -0.05) is 56.3 Å². The number of rotatable bonds is 8. The number of nitrogens with zero attached hydrogens (tertiary/aromatic N) is 1. The lowest BCUT2D eigenvalue weighted by Crippen LogP contribution is -2.41. The van der Waals surface area contributed by atoms with E-state index in [-0.39, 0.29) is 18.7 Å². The van der Waals surface area contributed by atoms with Crippen LogP contribution in [0.4, 0.5) is 16.2 Å². The van der Waals surface area contributed by atoms with Crippen LogP contribution in [0.1, 0.15) is 25.8 Å². The van der Waals surface area contributed by atoms with Crippen molar-refractivity contribution >= 4 is 17.4 Å². The SMILES string of the molecule is CC(C)CC(CO)NC(=O)Nc1ccccc1N(C)Cc1ccccc1. The molecule has 0 saturated carbocycles. The fourth-order valence-corrected chi connectivity index (χ4v) is 2.95. The third-order valence-corrected chi connectivity index (χ3v) is 4.14. The molecule has 0 spiro atoms. The predicted molar refractivity (Wildman–Crippen MR) is 107 cm³/mol. The number of amides is 2. The highest BCUT2D eigenvalue weighted by Gasteiger charge is 2.15. The molecule has 0 aromatic heterocycles. The lowest BCUT2D eigenvalue weighted by Gasteiger charge is -2.24. The molecule has 3 N–H and O–H groups in total. The molecular weight excluding hydrogens is 326 g/mol. The molecule has 5 heteroatoms. The Balaban J connectivity index is 2.04. The van der Waals surface area contributed by atoms with Crippen LogP contribution < -0.4 is 15.5 Å². The largest absolute Gasteiger partial charge is 0.394 e. The summed E-state index contributed by atoms with van der Waals surface area (Å²) >= 11 is 0. The molecule has 26 heavy (non-hydrogen) atoms. The van der Waals surface area contributed by atoms with Crippen molar-refractivity contribution < 1.29 is 9.90 Å². The first-order valence-corrected chi connectivity index (χ1v) is 9.02. The van der Waals surface area contributed by atoms with Crippen molar-refractivity contribution in [2.45, 2.75) is 32.9 Å². The number of anilines is 2. The molecule has 1 atom stereocenters. The number of nitrogens with one attached hydrogen (secondary N) is 2. The third-order valence-electron chi connectivity index (χ3n) is 4.14. The van der Waals surface area contributed by atoms with Crippen LogP contribution in [-0.2, 0) is 6.54 Å². The number of carbonyl (C=O) groups is 1. The fraction of sp³-hybridized carbons (Fsp3) is 0.381. The Morgan fingerprint density at radius 3 is 2.38 bits per heavy atom. The zero-order valence-electron chi connectivity index (χ0n) is 15.8. The quantitative estimate of drug-likeness (QED) is 0.674. The maximum Gasteiger partial charge on any atom is 0.319 e. The molecule has 0 heterocycles. The fourth-order valence-electron chi connectivity index (χ4n) is 2.95. The van der Waals surface area contributed by atoms with Gasteiger partial charge in [0.05, 0.1) is 24.0 Å². The minimum Gasteiger partial charge on any atom is -0.394 e. The predicted octanol–water partition coefficient (Wildman–Crippen LogP) is 3.85. The van der Waals surface area contributed by atoms with Gasteiger partial charge in [0.1, 0.15) is 0 Å². The number of carbonyl (C=O) groups excluding carboxylic acids is 1. The zero-order valence-corrected chi connectivity index (χ0v) is 15.8. The Morgan fingerprint density at radius 1 is 1.08 bits per heavy atom. The van der Waals surface area contributed by atoms with Gasteiger partial charge in [0.25, 0.3) is 0 Å². The summed E-state index contributed by atoms with van der Waals surface area (Å²) in [5.74, 6) is 0.400. The van der Waals surface area contributed by atoms with Crippen molar-refractivity contribution in [1.82, 2.24) is 5.32 Å². The van der Waals surface area contributed by atoms with Gasteiger partial charge in [-0.15, -0.1) is 0 Å². The highest BCUT2D eigenvalue weighted by Crippen LogP contribution is 2.25. The van der Waals surface area contributed by atoms with Crippen LogP contribution in [0.2, 0.25) is 0 Å². The summed E-state index contributed by atoms with van der Waals surface area (Å²) in [7, 11) is 2.00. The molecule has 2 amide bonds. The molecule has 140 valence electrons. The lowest BCUT2D eigenvalue weighted by atomic mass is 10.0. The second-order valence-corrected chi connectivity index (χ2v) is 6.97. The minimum absolute atomic E-state index is 0.0683. The highest BCUT2D eigenvalue weighted by molar-refractivity contribution is 5.93. The van der Waals surface area contributed by atoms with Gasteiger partial charge in [-0.3, -0.25) is 0 Å². The van der Waals surface area contributed by atoms with Gasteiger partial charge in [0, 0.05) is 13.6 Å². The Bertz CT molecular complexity index is 689. The van der Waals surface area contributed by atoms with Gasteiger partial charge >= 0.3 is 6.03 Å². The van der Waals surface area contributed by atoms with E-state index in [0.29, 0.717) is 5.92 Å². The normalized spacial score (nSPS) is 11.9. The summed E-state index contributed by atoms with van der Waals surface area (Å²) in [5.41, 5.74) is 2.88. The Kier molecular flexibility index (Phi) is 7.48. The summed E-state index contributed by atoms with van der Waals surface area (Å²) in [6.45, 7) is 4.81. The first-order valence-electron chi connectivity index (χ1n) is 9.02. The second kappa shape index (κ2) is 9.82. The van der Waals surface area contributed by atoms with Gasteiger partial charge in [-0.25, -0.2) is 4.79 Å². The van der Waals surface area contributed by atoms with E-state index in [1.165, 1.54) is 5.56 Å². The van der Waals surface area contributed by atoms with Crippen LogP contribution >= 0.6 is 0 Å². The monoisotopic (exact) mass is 355 g/mol. The molecule has 2 aromatic rings. The van der Waals surface area contributed by atoms with Crippen molar-refractivity contribution in [2.24, 2.45) is 5.92 Å². The Hall–Kier alpha value is -2.53. The van der Waals surface area contributed by atoms with E-state index in [0.717, 1.165) is 24.3 Å². The molecule has 5 nitrogen and oxygen atoms in total. The minimum atomic E-state index is -0.301. The van der Waals surface area contributed by atoms with E-state index < -0.39 is 0 Å². The maximum absolute atomic E-state index is 12.3. The van der Waals surface area contributed by atoms with E-state index >= 15 is 0 Å². The second-order valence-electron chi connectivity index (χ2n) is 6.97. The topological polar surface area (TPSA) is 64.6 Å². The number of urea groups is 1. The lowest BCUT2D eigenvalue weighted by molar-refractivity contribution is 0.214. The first-order chi connectivity index (χ1) is 12.5. The van der Waals surface area contributed by atoms with Crippen molar-refractivity contribution in [3.8, 4) is 0 Å². The standard InChI is InChI=1S/C21H29N3O2/c1-16(2)13-18(15-25)22-21(26)23-19-11-7-8-12-20(19)24(3)14-17-9-5-4-6-10-17/h4-12,16,18,25H,13-15H2,1-3H3,(H2,22,23,26). The Morgan fingerprint density at radius 2 is 1.73 bits per heavy atom. The van der Waals surface area contributed by atoms with Crippen molar-refractivity contribution in [3.05, 3.63) is 60.2 Å². The number of hydrogen-bond donors (Lipinski definition) is 3. The number of benzene rings is 2. The molecule has 0 aliphatic heterocycles. The van der Waals surface area contributed by atoms with E-state index in [2.05, 4.69) is 41.5 Å². The Labute approximate surface area is 156 Å². The summed E-state index contributed by atoms with van der Waals surface area (Å²) in [6.07, 6.45) is 0.736. The van der Waals surface area contributed by atoms with Gasteiger partial charge in [-0.05, 0) is 30.0 Å². The zero-order chi connectivity index (χ0) is 18.9. The van der Waals surface area contributed by atoms with Crippen LogP contribution in [0.5, 0.6) is 0 Å². The van der Waals surface area contributed by atoms with E-state index in [4.69, 9.17) is 0 Å². The number of hydrogen-bond acceptors (Lipinski definition) is 3. The summed E-state index contributed by atoms with van der Waals surface area (Å²) in [5, 5.41) is 15.2. The van der Waals surface area contributed by atoms with Crippen molar-refractivity contribution in [1.29, 1.82) is 0 Å². The van der Waals surface area contributed by atoms with Crippen LogP contribution in [0, 0.1) is 5.92 Å². The molecule has 0 aliphatic rings. The van der Waals surface area contributed by atoms with Crippen LogP contribution in [0.3, 0.4) is 0 Å². The summed E-state index contributed by atoms with van der Waals surface area (Å²) in [6, 6.07) is 17.4. The van der Waals surface area contributed by atoms with Crippen molar-refractivity contribution in [2.75, 3.05) is 23.9 Å². The van der Waals surface area contributed by atoms with E-state index in [1.54, 1.807) is 0 Å². The number of aliphatic hydroxyl groups is 1. The third kappa shape index (κ3) is 6.08. The maximum atomic E-state index is 12.3. The van der Waals surface area contributed by atoms with Crippen molar-refractivity contribution in [3.63, 3.8) is 0 Å². The van der Waals surface area contributed by atoms with Crippen LogP contribution in [0.15, 0.2) is 54.6 Å². The average Bonchev–Trinajstić information content (AvgIpc) is 2.62. The van der Waals surface area contributed by atoms with Gasteiger partial charge in [-0.2, -0.15) is 0 Å². The average molecular weight is 355 g/mol. The molecule has 0 saturated heterocycles. The molecule has 2 rings (SSSR count). The van der Waals surface area contributed by atoms with E-state index in [1.807, 2.05) is 49.5 Å². The van der Waals surface area contributed by atoms with Crippen LogP contribution in [-0.4, -0.2) is 30.8 Å². The number of aliphatic hydroxyl groups excluding tert-OH is 1. The first kappa shape index (κ1) is 19.8. The van der Waals surface area contributed by atoms with Crippen LogP contribution in [0.25, 0.3) is 0 Å². The molecule has 1 unspecified atom stereocenters. The molecule has 0 fully saturated rings. The molecule has 0 radical (unpaired) electrons. The van der Waals surface area contributed by atoms with Gasteiger partial charge < -0.3 is 20.6 Å². The molecule has 2 aromatic carbocycles. The van der Waals surface area contributed by atoms with Gasteiger partial charge in [0.15, 0.2) is 0 Å². The molecular formula is C21H29N3O2. The molecule has 0 aliphatic carbocycles. The number of para-hydroxylation sites is 2. The highest BCUT2D eigenvalue weighted by atomic mass is 16.3. The van der Waals surface area contributed by atoms with E-state index in [9.17, 15) is 9.90 Å². The molecule has 0 bridgehead atoms. The summed E-state index contributed by atoms with van der Waals surface area (Å²) < 4.78 is 0. The summed E-state index contributed by atoms with van der Waals surface area (Å²) in [4.78, 5) is 14.4. The van der Waals surface area contributed by atoms with Gasteiger partial charge in [0.2, 0.25) is 0 Å². The smallest absolute Gasteiger partial charge is 0.319 e.